The van der Waals surface area contributed by atoms with Crippen molar-refractivity contribution >= 4 is 5.69 Å². The molecule has 1 aromatic carbocycles. The molecular weight excluding hydrogens is 224 g/mol. The zero-order valence-electron chi connectivity index (χ0n) is 11.4. The standard InChI is InChI=1S/C15H24N2O/c1-12(13-7-5-9-17(2)10-13)16-15-8-4-3-6-14(15)11-18/h3-4,6,8,12-13,16,18H,5,7,9-11H2,1-2H3. The third-order valence-corrected chi connectivity index (χ3v) is 3.94. The lowest BCUT2D eigenvalue weighted by Gasteiger charge is -2.34. The minimum Gasteiger partial charge on any atom is -0.392 e. The van der Waals surface area contributed by atoms with E-state index < -0.39 is 0 Å². The van der Waals surface area contributed by atoms with Gasteiger partial charge >= 0.3 is 0 Å². The second-order valence-corrected chi connectivity index (χ2v) is 5.41. The van der Waals surface area contributed by atoms with Crippen LogP contribution in [0.2, 0.25) is 0 Å². The average Bonchev–Trinajstić information content (AvgIpc) is 2.39. The number of aliphatic hydroxyl groups excluding tert-OH is 1. The fourth-order valence-corrected chi connectivity index (χ4v) is 2.78. The fraction of sp³-hybridized carbons (Fsp3) is 0.600. The minimum absolute atomic E-state index is 0.0977. The Balaban J connectivity index is 1.99. The number of hydrogen-bond acceptors (Lipinski definition) is 3. The molecule has 3 heteroatoms. The molecule has 1 aromatic rings. The summed E-state index contributed by atoms with van der Waals surface area (Å²) >= 11 is 0. The molecule has 1 saturated heterocycles. The van der Waals surface area contributed by atoms with E-state index in [1.54, 1.807) is 0 Å². The van der Waals surface area contributed by atoms with Crippen LogP contribution in [0.25, 0.3) is 0 Å². The molecule has 0 amide bonds. The monoisotopic (exact) mass is 248 g/mol. The van der Waals surface area contributed by atoms with Crippen LogP contribution in [0.4, 0.5) is 5.69 Å². The molecule has 2 N–H and O–H groups in total. The SMILES string of the molecule is CC(Nc1ccccc1CO)C1CCCN(C)C1. The Hall–Kier alpha value is -1.06. The highest BCUT2D eigenvalue weighted by Gasteiger charge is 2.22. The van der Waals surface area contributed by atoms with Gasteiger partial charge in [0.2, 0.25) is 0 Å². The van der Waals surface area contributed by atoms with Gasteiger partial charge in [-0.1, -0.05) is 18.2 Å². The number of piperidine rings is 1. The van der Waals surface area contributed by atoms with Gasteiger partial charge in [-0.3, -0.25) is 0 Å². The van der Waals surface area contributed by atoms with Gasteiger partial charge in [0.25, 0.3) is 0 Å². The van der Waals surface area contributed by atoms with E-state index >= 15 is 0 Å². The van der Waals surface area contributed by atoms with E-state index in [1.165, 1.54) is 19.4 Å². The number of aliphatic hydroxyl groups is 1. The molecule has 0 saturated carbocycles. The van der Waals surface area contributed by atoms with Gasteiger partial charge < -0.3 is 15.3 Å². The molecule has 0 bridgehead atoms. The lowest BCUT2D eigenvalue weighted by atomic mass is 9.91. The van der Waals surface area contributed by atoms with E-state index in [0.29, 0.717) is 12.0 Å². The number of benzene rings is 1. The van der Waals surface area contributed by atoms with Crippen LogP contribution in [0.1, 0.15) is 25.3 Å². The highest BCUT2D eigenvalue weighted by molar-refractivity contribution is 5.51. The van der Waals surface area contributed by atoms with Gasteiger partial charge in [0, 0.05) is 23.8 Å². The molecule has 2 atom stereocenters. The molecule has 1 aliphatic rings. The second-order valence-electron chi connectivity index (χ2n) is 5.41. The molecule has 1 aliphatic heterocycles. The van der Waals surface area contributed by atoms with E-state index in [9.17, 15) is 5.11 Å². The van der Waals surface area contributed by atoms with Crippen molar-refractivity contribution < 1.29 is 5.11 Å². The molecule has 100 valence electrons. The summed E-state index contributed by atoms with van der Waals surface area (Å²) in [6, 6.07) is 8.45. The van der Waals surface area contributed by atoms with Gasteiger partial charge in [-0.2, -0.15) is 0 Å². The molecule has 0 radical (unpaired) electrons. The van der Waals surface area contributed by atoms with E-state index in [2.05, 4.69) is 30.3 Å². The molecule has 0 aliphatic carbocycles. The van der Waals surface area contributed by atoms with Crippen molar-refractivity contribution in [1.82, 2.24) is 4.90 Å². The summed E-state index contributed by atoms with van der Waals surface area (Å²) in [5.41, 5.74) is 2.05. The Morgan fingerprint density at radius 2 is 2.22 bits per heavy atom. The Kier molecular flexibility index (Phi) is 4.61. The molecule has 0 aromatic heterocycles. The zero-order valence-corrected chi connectivity index (χ0v) is 11.4. The van der Waals surface area contributed by atoms with Crippen molar-refractivity contribution in [3.05, 3.63) is 29.8 Å². The molecule has 1 heterocycles. The van der Waals surface area contributed by atoms with E-state index in [1.807, 2.05) is 18.2 Å². The highest BCUT2D eigenvalue weighted by Crippen LogP contribution is 2.23. The lowest BCUT2D eigenvalue weighted by Crippen LogP contribution is -2.40. The van der Waals surface area contributed by atoms with Crippen molar-refractivity contribution in [3.63, 3.8) is 0 Å². The Labute approximate surface area is 110 Å². The van der Waals surface area contributed by atoms with E-state index in [-0.39, 0.29) is 6.61 Å². The van der Waals surface area contributed by atoms with Gasteiger partial charge in [-0.25, -0.2) is 0 Å². The quantitative estimate of drug-likeness (QED) is 0.858. The summed E-state index contributed by atoms with van der Waals surface area (Å²) in [7, 11) is 2.19. The van der Waals surface area contributed by atoms with Gasteiger partial charge in [0.1, 0.15) is 0 Å². The Bertz CT molecular complexity index is 381. The van der Waals surface area contributed by atoms with Crippen LogP contribution in [0.3, 0.4) is 0 Å². The van der Waals surface area contributed by atoms with Gasteiger partial charge in [0.05, 0.1) is 6.61 Å². The van der Waals surface area contributed by atoms with Gasteiger partial charge in [0.15, 0.2) is 0 Å². The first-order valence-electron chi connectivity index (χ1n) is 6.84. The lowest BCUT2D eigenvalue weighted by molar-refractivity contribution is 0.197. The third-order valence-electron chi connectivity index (χ3n) is 3.94. The molecule has 18 heavy (non-hydrogen) atoms. The highest BCUT2D eigenvalue weighted by atomic mass is 16.3. The van der Waals surface area contributed by atoms with E-state index in [0.717, 1.165) is 17.8 Å². The van der Waals surface area contributed by atoms with Crippen LogP contribution < -0.4 is 5.32 Å². The van der Waals surface area contributed by atoms with Crippen LogP contribution >= 0.6 is 0 Å². The molecule has 0 spiro atoms. The third kappa shape index (κ3) is 3.24. The zero-order chi connectivity index (χ0) is 13.0. The maximum Gasteiger partial charge on any atom is 0.0701 e. The van der Waals surface area contributed by atoms with Crippen molar-refractivity contribution in [2.45, 2.75) is 32.4 Å². The second kappa shape index (κ2) is 6.21. The molecule has 2 unspecified atom stereocenters. The van der Waals surface area contributed by atoms with Crippen molar-refractivity contribution in [3.8, 4) is 0 Å². The molecule has 2 rings (SSSR count). The van der Waals surface area contributed by atoms with Crippen molar-refractivity contribution in [2.75, 3.05) is 25.5 Å². The molecule has 3 nitrogen and oxygen atoms in total. The number of anilines is 1. The number of nitrogens with zero attached hydrogens (tertiary/aromatic N) is 1. The van der Waals surface area contributed by atoms with Gasteiger partial charge in [-0.05, 0) is 45.3 Å². The maximum atomic E-state index is 9.34. The summed E-state index contributed by atoms with van der Waals surface area (Å²) in [6.45, 7) is 4.73. The van der Waals surface area contributed by atoms with E-state index in [4.69, 9.17) is 0 Å². The first kappa shape index (κ1) is 13.4. The summed E-state index contributed by atoms with van der Waals surface area (Å²) in [5, 5.41) is 12.9. The smallest absolute Gasteiger partial charge is 0.0701 e. The van der Waals surface area contributed by atoms with Crippen molar-refractivity contribution in [2.24, 2.45) is 5.92 Å². The first-order valence-corrected chi connectivity index (χ1v) is 6.84. The Morgan fingerprint density at radius 1 is 1.44 bits per heavy atom. The van der Waals surface area contributed by atoms with Crippen LogP contribution in [0.15, 0.2) is 24.3 Å². The van der Waals surface area contributed by atoms with Crippen LogP contribution in [0, 0.1) is 5.92 Å². The topological polar surface area (TPSA) is 35.5 Å². The fourth-order valence-electron chi connectivity index (χ4n) is 2.78. The summed E-state index contributed by atoms with van der Waals surface area (Å²) in [4.78, 5) is 2.41. The van der Waals surface area contributed by atoms with Crippen LogP contribution in [0.5, 0.6) is 0 Å². The first-order chi connectivity index (χ1) is 8.70. The number of rotatable bonds is 4. The summed E-state index contributed by atoms with van der Waals surface area (Å²) in [5.74, 6) is 0.690. The number of nitrogens with one attached hydrogen (secondary N) is 1. The minimum atomic E-state index is 0.0977. The summed E-state index contributed by atoms with van der Waals surface area (Å²) in [6.07, 6.45) is 2.58. The van der Waals surface area contributed by atoms with Gasteiger partial charge in [-0.15, -0.1) is 0 Å². The maximum absolute atomic E-state index is 9.34. The summed E-state index contributed by atoms with van der Waals surface area (Å²) < 4.78 is 0. The van der Waals surface area contributed by atoms with Crippen molar-refractivity contribution in [1.29, 1.82) is 0 Å². The predicted octanol–water partition coefficient (Wildman–Crippen LogP) is 2.32. The number of likely N-dealkylation sites (tertiary alicyclic amines) is 1. The number of hydrogen-bond donors (Lipinski definition) is 2. The normalized spacial score (nSPS) is 22.7. The number of para-hydroxylation sites is 1. The largest absolute Gasteiger partial charge is 0.392 e. The Morgan fingerprint density at radius 3 is 2.94 bits per heavy atom. The van der Waals surface area contributed by atoms with Crippen LogP contribution in [-0.4, -0.2) is 36.2 Å². The molecule has 1 fully saturated rings. The predicted molar refractivity (Wildman–Crippen MR) is 75.7 cm³/mol. The molecular formula is C15H24N2O. The van der Waals surface area contributed by atoms with Crippen LogP contribution in [-0.2, 0) is 6.61 Å². The average molecular weight is 248 g/mol.